The Kier molecular flexibility index (Phi) is 8.59. The largest absolute Gasteiger partial charge is 0.362 e. The number of anilines is 3. The highest BCUT2D eigenvalue weighted by molar-refractivity contribution is 7.80. The Morgan fingerprint density at radius 1 is 1.00 bits per heavy atom. The van der Waals surface area contributed by atoms with Gasteiger partial charge >= 0.3 is 0 Å². The van der Waals surface area contributed by atoms with E-state index in [0.717, 1.165) is 62.4 Å². The molecule has 1 saturated carbocycles. The fourth-order valence-electron chi connectivity index (χ4n) is 5.06. The van der Waals surface area contributed by atoms with Crippen LogP contribution in [0, 0.1) is 0 Å². The molecule has 0 amide bonds. The Balaban J connectivity index is 1.25. The second-order valence-electron chi connectivity index (χ2n) is 9.99. The fraction of sp³-hybridized carbons (Fsp3) is 0.593. The van der Waals surface area contributed by atoms with Crippen molar-refractivity contribution in [2.75, 3.05) is 29.6 Å². The summed E-state index contributed by atoms with van der Waals surface area (Å²) in [6.07, 6.45) is 12.6. The molecule has 1 aromatic carbocycles. The van der Waals surface area contributed by atoms with Crippen molar-refractivity contribution >= 4 is 34.8 Å². The first-order valence-electron chi connectivity index (χ1n) is 13.0. The lowest BCUT2D eigenvalue weighted by Crippen LogP contribution is -2.42. The summed E-state index contributed by atoms with van der Waals surface area (Å²) in [5.74, 6) is 1.87. The lowest BCUT2D eigenvalue weighted by atomic mass is 9.91. The van der Waals surface area contributed by atoms with E-state index in [0.29, 0.717) is 17.2 Å². The third-order valence-corrected chi connectivity index (χ3v) is 7.23. The second-order valence-corrected chi connectivity index (χ2v) is 10.4. The van der Waals surface area contributed by atoms with Crippen molar-refractivity contribution in [2.45, 2.75) is 89.6 Å². The van der Waals surface area contributed by atoms with E-state index in [1.54, 1.807) is 0 Å². The normalized spacial score (nSPS) is 19.7. The number of unbranched alkanes of at least 4 members (excludes halogenated alkanes) is 1. The summed E-state index contributed by atoms with van der Waals surface area (Å²) in [5, 5.41) is 11.2. The summed E-state index contributed by atoms with van der Waals surface area (Å²) in [6.45, 7) is 2.23. The first-order valence-corrected chi connectivity index (χ1v) is 13.4. The average molecular weight is 481 g/mol. The van der Waals surface area contributed by atoms with Crippen LogP contribution >= 0.6 is 12.2 Å². The first kappa shape index (κ1) is 24.7. The SMILES string of the molecule is CCCCc1ccc(NC(=S)N[C@H]2CC[C@@H](Nc3nc4c(c(N(C)C)n3)CCCC4)CC2)cc1. The van der Waals surface area contributed by atoms with Crippen LogP contribution in [0.25, 0.3) is 0 Å². The molecule has 4 rings (SSSR count). The van der Waals surface area contributed by atoms with E-state index in [1.807, 2.05) is 0 Å². The molecule has 1 fully saturated rings. The molecule has 0 atom stereocenters. The molecule has 3 N–H and O–H groups in total. The molecule has 0 aliphatic heterocycles. The Morgan fingerprint density at radius 3 is 2.41 bits per heavy atom. The van der Waals surface area contributed by atoms with Gasteiger partial charge in [-0.2, -0.15) is 4.98 Å². The molecule has 0 radical (unpaired) electrons. The number of thiocarbonyl (C=S) groups is 1. The third kappa shape index (κ3) is 6.59. The molecule has 2 aliphatic rings. The van der Waals surface area contributed by atoms with Gasteiger partial charge < -0.3 is 20.9 Å². The number of hydrogen-bond acceptors (Lipinski definition) is 5. The number of benzene rings is 1. The summed E-state index contributed by atoms with van der Waals surface area (Å²) < 4.78 is 0. The van der Waals surface area contributed by atoms with Gasteiger partial charge in [0.1, 0.15) is 5.82 Å². The highest BCUT2D eigenvalue weighted by atomic mass is 32.1. The maximum Gasteiger partial charge on any atom is 0.225 e. The van der Waals surface area contributed by atoms with E-state index in [4.69, 9.17) is 22.2 Å². The Bertz CT molecular complexity index is 950. The van der Waals surface area contributed by atoms with E-state index in [-0.39, 0.29) is 0 Å². The molecule has 7 heteroatoms. The summed E-state index contributed by atoms with van der Waals surface area (Å²) >= 11 is 5.59. The van der Waals surface area contributed by atoms with Crippen LogP contribution in [-0.4, -0.2) is 41.3 Å². The van der Waals surface area contributed by atoms with Gasteiger partial charge in [-0.1, -0.05) is 25.5 Å². The molecule has 0 bridgehead atoms. The molecule has 1 heterocycles. The van der Waals surface area contributed by atoms with Crippen LogP contribution in [0.2, 0.25) is 0 Å². The van der Waals surface area contributed by atoms with Crippen molar-refractivity contribution in [1.29, 1.82) is 0 Å². The summed E-state index contributed by atoms with van der Waals surface area (Å²) in [6, 6.07) is 9.46. The van der Waals surface area contributed by atoms with E-state index in [2.05, 4.69) is 66.1 Å². The minimum atomic E-state index is 0.406. The zero-order chi connectivity index (χ0) is 23.9. The predicted octanol–water partition coefficient (Wildman–Crippen LogP) is 5.47. The fourth-order valence-corrected chi connectivity index (χ4v) is 5.35. The van der Waals surface area contributed by atoms with Crippen LogP contribution in [0.5, 0.6) is 0 Å². The lowest BCUT2D eigenvalue weighted by molar-refractivity contribution is 0.387. The molecule has 1 aromatic heterocycles. The number of rotatable bonds is 8. The lowest BCUT2D eigenvalue weighted by Gasteiger charge is -2.31. The number of aryl methyl sites for hydroxylation is 2. The van der Waals surface area contributed by atoms with Crippen LogP contribution in [0.3, 0.4) is 0 Å². The maximum atomic E-state index is 5.59. The number of nitrogens with one attached hydrogen (secondary N) is 3. The van der Waals surface area contributed by atoms with E-state index in [9.17, 15) is 0 Å². The first-order chi connectivity index (χ1) is 16.5. The molecule has 6 nitrogen and oxygen atoms in total. The zero-order valence-corrected chi connectivity index (χ0v) is 21.8. The quantitative estimate of drug-likeness (QED) is 0.433. The van der Waals surface area contributed by atoms with Crippen molar-refractivity contribution in [3.05, 3.63) is 41.1 Å². The number of fused-ring (bicyclic) bond motifs is 1. The minimum Gasteiger partial charge on any atom is -0.362 e. The van der Waals surface area contributed by atoms with Crippen molar-refractivity contribution in [1.82, 2.24) is 15.3 Å². The number of hydrogen-bond donors (Lipinski definition) is 3. The molecule has 0 saturated heterocycles. The van der Waals surface area contributed by atoms with Gasteiger partial charge in [0.25, 0.3) is 0 Å². The number of aromatic nitrogens is 2. The topological polar surface area (TPSA) is 65.1 Å². The molecular formula is C27H40N6S. The van der Waals surface area contributed by atoms with Crippen LogP contribution < -0.4 is 20.9 Å². The summed E-state index contributed by atoms with van der Waals surface area (Å²) in [4.78, 5) is 11.9. The summed E-state index contributed by atoms with van der Waals surface area (Å²) in [7, 11) is 4.16. The molecule has 2 aromatic rings. The Morgan fingerprint density at radius 2 is 1.71 bits per heavy atom. The predicted molar refractivity (Wildman–Crippen MR) is 147 cm³/mol. The van der Waals surface area contributed by atoms with E-state index in [1.165, 1.54) is 42.5 Å². The van der Waals surface area contributed by atoms with Gasteiger partial charge in [-0.3, -0.25) is 0 Å². The summed E-state index contributed by atoms with van der Waals surface area (Å²) in [5.41, 5.74) is 5.01. The van der Waals surface area contributed by atoms with E-state index < -0.39 is 0 Å². The Labute approximate surface area is 210 Å². The van der Waals surface area contributed by atoms with Crippen LogP contribution in [0.4, 0.5) is 17.5 Å². The van der Waals surface area contributed by atoms with Crippen molar-refractivity contribution in [3.8, 4) is 0 Å². The zero-order valence-electron chi connectivity index (χ0n) is 21.0. The maximum absolute atomic E-state index is 5.59. The van der Waals surface area contributed by atoms with Crippen molar-refractivity contribution in [2.24, 2.45) is 0 Å². The smallest absolute Gasteiger partial charge is 0.225 e. The molecule has 0 spiro atoms. The second kappa shape index (κ2) is 11.8. The highest BCUT2D eigenvalue weighted by Gasteiger charge is 2.24. The van der Waals surface area contributed by atoms with Gasteiger partial charge in [0.2, 0.25) is 5.95 Å². The average Bonchev–Trinajstić information content (AvgIpc) is 2.84. The van der Waals surface area contributed by atoms with Gasteiger partial charge in [0.15, 0.2) is 5.11 Å². The highest BCUT2D eigenvalue weighted by Crippen LogP contribution is 2.29. The van der Waals surface area contributed by atoms with E-state index >= 15 is 0 Å². The van der Waals surface area contributed by atoms with Crippen LogP contribution in [-0.2, 0) is 19.3 Å². The van der Waals surface area contributed by atoms with Crippen LogP contribution in [0.1, 0.15) is 75.1 Å². The van der Waals surface area contributed by atoms with Gasteiger partial charge in [-0.05, 0) is 94.1 Å². The van der Waals surface area contributed by atoms with Gasteiger partial charge in [-0.15, -0.1) is 0 Å². The van der Waals surface area contributed by atoms with Crippen LogP contribution in [0.15, 0.2) is 24.3 Å². The third-order valence-electron chi connectivity index (χ3n) is 7.01. The Hall–Kier alpha value is -2.41. The van der Waals surface area contributed by atoms with Gasteiger partial charge in [-0.25, -0.2) is 4.98 Å². The molecule has 34 heavy (non-hydrogen) atoms. The monoisotopic (exact) mass is 480 g/mol. The molecular weight excluding hydrogens is 440 g/mol. The van der Waals surface area contributed by atoms with Crippen molar-refractivity contribution < 1.29 is 0 Å². The number of nitrogens with zero attached hydrogens (tertiary/aromatic N) is 3. The standard InChI is InChI=1S/C27H40N6S/c1-4-5-8-19-11-13-21(14-12-19)29-27(34)30-22-17-15-20(16-18-22)28-26-31-24-10-7-6-9-23(24)25(32-26)33(2)3/h11-14,20,22H,4-10,15-18H2,1-3H3,(H,28,31,32)(H2,29,30,34)/t20-,22+. The molecule has 2 aliphatic carbocycles. The van der Waals surface area contributed by atoms with Gasteiger partial charge in [0, 0.05) is 37.4 Å². The minimum absolute atomic E-state index is 0.406. The van der Waals surface area contributed by atoms with Gasteiger partial charge in [0.05, 0.1) is 5.69 Å². The van der Waals surface area contributed by atoms with Crippen molar-refractivity contribution in [3.63, 3.8) is 0 Å². The molecule has 0 unspecified atom stereocenters. The molecule has 184 valence electrons.